The number of carbonyl (C=O) groups excluding carboxylic acids is 1. The van der Waals surface area contributed by atoms with Gasteiger partial charge < -0.3 is 10.1 Å². The zero-order valence-electron chi connectivity index (χ0n) is 13.5. The van der Waals surface area contributed by atoms with E-state index in [2.05, 4.69) is 5.32 Å². The third kappa shape index (κ3) is 4.55. The molecule has 1 aromatic carbocycles. The molecular formula is C18H18Cl2N3O2+. The quantitative estimate of drug-likeness (QED) is 0.790. The van der Waals surface area contributed by atoms with Gasteiger partial charge in [-0.3, -0.25) is 10.1 Å². The highest BCUT2D eigenvalue weighted by atomic mass is 35.5. The SMILES string of the molecule is N#Cc1ccc(OC2CCC(NC(=O)C3=CC=C(Cl)[NH2+]3)CC2)cc1Cl. The average Bonchev–Trinajstić information content (AvgIpc) is 3.03. The van der Waals surface area contributed by atoms with Crippen molar-refractivity contribution in [1.29, 1.82) is 5.26 Å². The Hall–Kier alpha value is -2.00. The number of amides is 1. The molecule has 1 aliphatic heterocycles. The maximum absolute atomic E-state index is 12.2. The first-order chi connectivity index (χ1) is 12.0. The van der Waals surface area contributed by atoms with Crippen molar-refractivity contribution in [2.75, 3.05) is 0 Å². The molecule has 0 saturated heterocycles. The van der Waals surface area contributed by atoms with E-state index in [4.69, 9.17) is 33.2 Å². The standard InChI is InChI=1S/C18H17Cl2N3O2/c19-15-9-14(4-1-11(15)10-21)25-13-5-2-12(3-6-13)22-18(24)16-7-8-17(20)23-16/h1,4,7-9,12-13,23H,2-3,5-6H2,(H,22,24)/p+1. The number of carbonyl (C=O) groups is 1. The molecule has 0 spiro atoms. The second-order valence-electron chi connectivity index (χ2n) is 6.14. The van der Waals surface area contributed by atoms with Gasteiger partial charge in [0.15, 0.2) is 0 Å². The number of allylic oxidation sites excluding steroid dienone is 2. The number of halogens is 2. The van der Waals surface area contributed by atoms with Crippen molar-refractivity contribution < 1.29 is 14.8 Å². The van der Waals surface area contributed by atoms with E-state index in [0.29, 0.717) is 27.2 Å². The summed E-state index contributed by atoms with van der Waals surface area (Å²) in [5, 5.41) is 14.6. The molecule has 1 heterocycles. The lowest BCUT2D eigenvalue weighted by molar-refractivity contribution is -0.533. The molecule has 2 aliphatic rings. The van der Waals surface area contributed by atoms with Gasteiger partial charge in [0.2, 0.25) is 10.9 Å². The Balaban J connectivity index is 1.47. The predicted octanol–water partition coefficient (Wildman–Crippen LogP) is 2.56. The predicted molar refractivity (Wildman–Crippen MR) is 94.9 cm³/mol. The molecule has 1 fully saturated rings. The van der Waals surface area contributed by atoms with Crippen LogP contribution in [-0.2, 0) is 4.79 Å². The van der Waals surface area contributed by atoms with Crippen LogP contribution in [0.3, 0.4) is 0 Å². The Kier molecular flexibility index (Phi) is 5.64. The summed E-state index contributed by atoms with van der Waals surface area (Å²) in [5.74, 6) is 0.582. The van der Waals surface area contributed by atoms with E-state index < -0.39 is 0 Å². The fraction of sp³-hybridized carbons (Fsp3) is 0.333. The molecule has 0 atom stereocenters. The maximum atomic E-state index is 12.2. The van der Waals surface area contributed by atoms with Crippen LogP contribution in [0.5, 0.6) is 5.75 Å². The number of nitriles is 1. The van der Waals surface area contributed by atoms with Crippen LogP contribution < -0.4 is 15.4 Å². The van der Waals surface area contributed by atoms with Gasteiger partial charge in [-0.1, -0.05) is 11.6 Å². The van der Waals surface area contributed by atoms with Crippen molar-refractivity contribution in [2.24, 2.45) is 0 Å². The number of benzene rings is 1. The summed E-state index contributed by atoms with van der Waals surface area (Å²) in [6.45, 7) is 0. The minimum Gasteiger partial charge on any atom is -0.490 e. The summed E-state index contributed by atoms with van der Waals surface area (Å²) in [4.78, 5) is 12.2. The van der Waals surface area contributed by atoms with Crippen molar-refractivity contribution in [3.63, 3.8) is 0 Å². The van der Waals surface area contributed by atoms with E-state index in [1.165, 1.54) is 0 Å². The first kappa shape index (κ1) is 17.8. The number of rotatable bonds is 4. The monoisotopic (exact) mass is 378 g/mol. The van der Waals surface area contributed by atoms with Crippen LogP contribution in [0.15, 0.2) is 41.2 Å². The van der Waals surface area contributed by atoms with Gasteiger partial charge in [-0.15, -0.1) is 0 Å². The minimum absolute atomic E-state index is 0.0878. The van der Waals surface area contributed by atoms with E-state index in [1.807, 2.05) is 6.07 Å². The van der Waals surface area contributed by atoms with Crippen LogP contribution in [0.25, 0.3) is 0 Å². The van der Waals surface area contributed by atoms with Crippen molar-refractivity contribution in [2.45, 2.75) is 37.8 Å². The molecule has 1 aliphatic carbocycles. The molecule has 7 heteroatoms. The van der Waals surface area contributed by atoms with Gasteiger partial charge in [0, 0.05) is 24.3 Å². The molecule has 1 amide bonds. The first-order valence-corrected chi connectivity index (χ1v) is 8.90. The fourth-order valence-electron chi connectivity index (χ4n) is 3.00. The van der Waals surface area contributed by atoms with Gasteiger partial charge in [-0.05, 0) is 49.4 Å². The minimum atomic E-state index is -0.0878. The summed E-state index contributed by atoms with van der Waals surface area (Å²) >= 11 is 11.9. The number of hydrogen-bond acceptors (Lipinski definition) is 3. The summed E-state index contributed by atoms with van der Waals surface area (Å²) in [6.07, 6.45) is 6.94. The zero-order valence-corrected chi connectivity index (χ0v) is 15.0. The molecule has 130 valence electrons. The highest BCUT2D eigenvalue weighted by Crippen LogP contribution is 2.27. The molecule has 5 nitrogen and oxygen atoms in total. The van der Waals surface area contributed by atoms with Crippen LogP contribution >= 0.6 is 23.2 Å². The van der Waals surface area contributed by atoms with Crippen molar-refractivity contribution in [3.05, 3.63) is 51.8 Å². The second-order valence-corrected chi connectivity index (χ2v) is 6.98. The average molecular weight is 379 g/mol. The van der Waals surface area contributed by atoms with E-state index in [1.54, 1.807) is 35.7 Å². The van der Waals surface area contributed by atoms with Gasteiger partial charge in [-0.25, -0.2) is 0 Å². The molecule has 0 bridgehead atoms. The number of quaternary nitrogens is 1. The van der Waals surface area contributed by atoms with E-state index in [-0.39, 0.29) is 18.1 Å². The molecule has 0 radical (unpaired) electrons. The second kappa shape index (κ2) is 7.92. The van der Waals surface area contributed by atoms with Gasteiger partial charge >= 0.3 is 5.91 Å². The van der Waals surface area contributed by atoms with Crippen LogP contribution in [0.1, 0.15) is 31.2 Å². The number of nitrogens with one attached hydrogen (secondary N) is 1. The van der Waals surface area contributed by atoms with Gasteiger partial charge in [0.05, 0.1) is 16.7 Å². The molecule has 1 aromatic rings. The number of ether oxygens (including phenoxy) is 1. The Morgan fingerprint density at radius 2 is 2.00 bits per heavy atom. The summed E-state index contributed by atoms with van der Waals surface area (Å²) in [6, 6.07) is 7.27. The van der Waals surface area contributed by atoms with Gasteiger partial charge in [-0.2, -0.15) is 5.26 Å². The topological polar surface area (TPSA) is 78.7 Å². The van der Waals surface area contributed by atoms with Crippen molar-refractivity contribution in [1.82, 2.24) is 5.32 Å². The third-order valence-electron chi connectivity index (χ3n) is 4.35. The van der Waals surface area contributed by atoms with E-state index in [0.717, 1.165) is 25.7 Å². The highest BCUT2D eigenvalue weighted by Gasteiger charge is 2.27. The molecule has 0 aromatic heterocycles. The summed E-state index contributed by atoms with van der Waals surface area (Å²) in [5.41, 5.74) is 1.03. The maximum Gasteiger partial charge on any atom is 0.305 e. The Morgan fingerprint density at radius 1 is 1.24 bits per heavy atom. The fourth-order valence-corrected chi connectivity index (χ4v) is 3.39. The van der Waals surface area contributed by atoms with Crippen LogP contribution in [-0.4, -0.2) is 18.1 Å². The van der Waals surface area contributed by atoms with Gasteiger partial charge in [0.1, 0.15) is 11.8 Å². The Labute approximate surface area is 156 Å². The van der Waals surface area contributed by atoms with Gasteiger partial charge in [0.25, 0.3) is 0 Å². The Bertz CT molecular complexity index is 775. The van der Waals surface area contributed by atoms with Crippen molar-refractivity contribution in [3.8, 4) is 11.8 Å². The van der Waals surface area contributed by atoms with Crippen LogP contribution in [0, 0.1) is 11.3 Å². The summed E-state index contributed by atoms with van der Waals surface area (Å²) in [7, 11) is 0. The largest absolute Gasteiger partial charge is 0.490 e. The van der Waals surface area contributed by atoms with E-state index >= 15 is 0 Å². The normalized spacial score (nSPS) is 22.6. The first-order valence-electron chi connectivity index (χ1n) is 8.14. The Morgan fingerprint density at radius 3 is 2.60 bits per heavy atom. The lowest BCUT2D eigenvalue weighted by Crippen LogP contribution is -2.79. The lowest BCUT2D eigenvalue weighted by atomic mass is 9.93. The molecule has 3 rings (SSSR count). The smallest absolute Gasteiger partial charge is 0.305 e. The van der Waals surface area contributed by atoms with E-state index in [9.17, 15) is 4.79 Å². The van der Waals surface area contributed by atoms with Crippen LogP contribution in [0.2, 0.25) is 5.02 Å². The molecule has 25 heavy (non-hydrogen) atoms. The molecule has 0 unspecified atom stereocenters. The van der Waals surface area contributed by atoms with Crippen LogP contribution in [0.4, 0.5) is 0 Å². The molecular weight excluding hydrogens is 361 g/mol. The summed E-state index contributed by atoms with van der Waals surface area (Å²) < 4.78 is 5.95. The lowest BCUT2D eigenvalue weighted by Gasteiger charge is -2.29. The molecule has 1 saturated carbocycles. The molecule has 3 N–H and O–H groups in total. The number of nitrogens with two attached hydrogens (primary N) is 1. The zero-order chi connectivity index (χ0) is 17.8. The number of hydrogen-bond donors (Lipinski definition) is 2. The number of nitrogens with zero attached hydrogens (tertiary/aromatic N) is 1. The van der Waals surface area contributed by atoms with Crippen molar-refractivity contribution >= 4 is 29.1 Å². The third-order valence-corrected chi connectivity index (χ3v) is 4.90. The highest BCUT2D eigenvalue weighted by molar-refractivity contribution is 6.31.